The average Bonchev–Trinajstić information content (AvgIpc) is 3.35. The van der Waals surface area contributed by atoms with Crippen molar-refractivity contribution in [1.82, 2.24) is 24.7 Å². The van der Waals surface area contributed by atoms with Gasteiger partial charge in [0.1, 0.15) is 11.4 Å². The number of nitrogens with one attached hydrogen (secondary N) is 1. The van der Waals surface area contributed by atoms with Crippen molar-refractivity contribution in [3.05, 3.63) is 86.0 Å². The molecule has 0 atom stereocenters. The van der Waals surface area contributed by atoms with E-state index in [9.17, 15) is 4.79 Å². The molecule has 0 radical (unpaired) electrons. The Balaban J connectivity index is 1.75. The molecule has 4 rings (SSSR count). The molecule has 0 aliphatic heterocycles. The van der Waals surface area contributed by atoms with Gasteiger partial charge in [0.25, 0.3) is 5.56 Å². The van der Waals surface area contributed by atoms with Crippen molar-refractivity contribution >= 4 is 29.8 Å². The first-order chi connectivity index (χ1) is 13.6. The molecule has 0 bridgehead atoms. The lowest BCUT2D eigenvalue weighted by molar-refractivity contribution is 0.689. The van der Waals surface area contributed by atoms with E-state index in [0.717, 1.165) is 26.4 Å². The molecule has 0 saturated heterocycles. The summed E-state index contributed by atoms with van der Waals surface area (Å²) in [7, 11) is 0. The van der Waals surface area contributed by atoms with Crippen molar-refractivity contribution in [2.24, 2.45) is 5.10 Å². The molecule has 0 amide bonds. The highest BCUT2D eigenvalue weighted by Gasteiger charge is 2.12. The van der Waals surface area contributed by atoms with Crippen LogP contribution in [0, 0.1) is 11.7 Å². The fourth-order valence-corrected chi connectivity index (χ4v) is 3.59. The molecule has 140 valence electrons. The Hall–Kier alpha value is -3.17. The predicted molar refractivity (Wildman–Crippen MR) is 112 cm³/mol. The molecule has 7 nitrogen and oxygen atoms in total. The Bertz CT molecular complexity index is 1240. The smallest absolute Gasteiger partial charge is 0.267 e. The number of hydrogen-bond donors (Lipinski definition) is 1. The van der Waals surface area contributed by atoms with Gasteiger partial charge in [-0.2, -0.15) is 20.0 Å². The van der Waals surface area contributed by atoms with E-state index in [4.69, 9.17) is 17.3 Å². The molecule has 9 heteroatoms. The maximum atomic E-state index is 12.3. The summed E-state index contributed by atoms with van der Waals surface area (Å²) in [6, 6.07) is 14.1. The Labute approximate surface area is 169 Å². The fraction of sp³-hybridized carbons (Fsp3) is 0.105. The van der Waals surface area contributed by atoms with Gasteiger partial charge in [-0.25, -0.2) is 0 Å². The van der Waals surface area contributed by atoms with Gasteiger partial charge in [-0.3, -0.25) is 14.6 Å². The number of hydrogen-bond acceptors (Lipinski definition) is 6. The number of aryl methyl sites for hydroxylation is 1. The van der Waals surface area contributed by atoms with Gasteiger partial charge in [-0.15, -0.1) is 11.3 Å². The van der Waals surface area contributed by atoms with Gasteiger partial charge in [-0.05, 0) is 36.2 Å². The van der Waals surface area contributed by atoms with Gasteiger partial charge in [-0.1, -0.05) is 36.4 Å². The minimum Gasteiger partial charge on any atom is -0.267 e. The molecule has 0 aliphatic carbocycles. The lowest BCUT2D eigenvalue weighted by Crippen LogP contribution is -2.22. The number of nitrogens with zero attached hydrogens (tertiary/aromatic N) is 5. The largest absolute Gasteiger partial charge is 0.296 e. The molecule has 0 aliphatic rings. The Morgan fingerprint density at radius 2 is 2.07 bits per heavy atom. The van der Waals surface area contributed by atoms with Gasteiger partial charge in [0, 0.05) is 11.8 Å². The molecule has 1 aromatic carbocycles. The third-order valence-electron chi connectivity index (χ3n) is 4.06. The van der Waals surface area contributed by atoms with E-state index >= 15 is 0 Å². The number of benzene rings is 1. The van der Waals surface area contributed by atoms with Crippen LogP contribution in [0.15, 0.2) is 63.9 Å². The van der Waals surface area contributed by atoms with Crippen LogP contribution in [0.25, 0.3) is 10.6 Å². The van der Waals surface area contributed by atoms with E-state index in [1.165, 1.54) is 0 Å². The summed E-state index contributed by atoms with van der Waals surface area (Å²) in [4.78, 5) is 13.3. The fourth-order valence-electron chi connectivity index (χ4n) is 2.68. The molecule has 3 aromatic heterocycles. The molecule has 28 heavy (non-hydrogen) atoms. The SMILES string of the molecule is Cc1n[nH]c(=S)n(/N=C\c2cn(Cc3ccccc3)nc2-c2cccs2)c1=O. The lowest BCUT2D eigenvalue weighted by atomic mass is 10.2. The highest BCUT2D eigenvalue weighted by Crippen LogP contribution is 2.26. The third kappa shape index (κ3) is 3.75. The average molecular weight is 409 g/mol. The van der Waals surface area contributed by atoms with E-state index in [0.29, 0.717) is 12.2 Å². The number of rotatable bonds is 5. The van der Waals surface area contributed by atoms with E-state index in [-0.39, 0.29) is 10.3 Å². The topological polar surface area (TPSA) is 80.9 Å². The summed E-state index contributed by atoms with van der Waals surface area (Å²) in [5.41, 5.74) is 2.70. The van der Waals surface area contributed by atoms with Crippen LogP contribution in [-0.4, -0.2) is 30.9 Å². The molecule has 4 aromatic rings. The van der Waals surface area contributed by atoms with Gasteiger partial charge in [0.2, 0.25) is 4.77 Å². The molecular weight excluding hydrogens is 392 g/mol. The van der Waals surface area contributed by atoms with E-state index in [1.54, 1.807) is 24.5 Å². The van der Waals surface area contributed by atoms with Crippen LogP contribution in [0.2, 0.25) is 0 Å². The number of aromatic amines is 1. The zero-order valence-electron chi connectivity index (χ0n) is 14.9. The number of H-pyrrole nitrogens is 1. The van der Waals surface area contributed by atoms with Crippen molar-refractivity contribution in [3.63, 3.8) is 0 Å². The standard InChI is InChI=1S/C19H16N6OS2/c1-13-18(26)25(19(27)22-21-13)20-10-15-12-24(11-14-6-3-2-4-7-14)23-17(15)16-8-5-9-28-16/h2-10,12H,11H2,1H3,(H,22,27)/b20-10-. The molecule has 1 N–H and O–H groups in total. The first kappa shape index (κ1) is 18.2. The minimum absolute atomic E-state index is 0.140. The van der Waals surface area contributed by atoms with Gasteiger partial charge >= 0.3 is 0 Å². The van der Waals surface area contributed by atoms with E-state index < -0.39 is 0 Å². The molecule has 0 unspecified atom stereocenters. The van der Waals surface area contributed by atoms with Crippen molar-refractivity contribution in [2.45, 2.75) is 13.5 Å². The van der Waals surface area contributed by atoms with Gasteiger partial charge < -0.3 is 0 Å². The Morgan fingerprint density at radius 1 is 1.25 bits per heavy atom. The quantitative estimate of drug-likeness (QED) is 0.405. The highest BCUT2D eigenvalue weighted by atomic mass is 32.1. The summed E-state index contributed by atoms with van der Waals surface area (Å²) >= 11 is 6.73. The van der Waals surface area contributed by atoms with E-state index in [2.05, 4.69) is 27.4 Å². The monoisotopic (exact) mass is 408 g/mol. The second kappa shape index (κ2) is 7.83. The number of thiophene rings is 1. The van der Waals surface area contributed by atoms with Crippen LogP contribution in [0.4, 0.5) is 0 Å². The lowest BCUT2D eigenvalue weighted by Gasteiger charge is -2.00. The van der Waals surface area contributed by atoms with Crippen LogP contribution in [-0.2, 0) is 6.54 Å². The van der Waals surface area contributed by atoms with Crippen LogP contribution in [0.1, 0.15) is 16.8 Å². The Morgan fingerprint density at radius 3 is 2.82 bits per heavy atom. The normalized spacial score (nSPS) is 11.3. The molecule has 0 fully saturated rings. The maximum Gasteiger partial charge on any atom is 0.296 e. The first-order valence-corrected chi connectivity index (χ1v) is 9.78. The first-order valence-electron chi connectivity index (χ1n) is 8.50. The van der Waals surface area contributed by atoms with Crippen LogP contribution >= 0.6 is 23.6 Å². The van der Waals surface area contributed by atoms with Crippen molar-refractivity contribution in [1.29, 1.82) is 0 Å². The summed E-state index contributed by atoms with van der Waals surface area (Å²) in [6.07, 6.45) is 3.52. The molecule has 0 saturated carbocycles. The van der Waals surface area contributed by atoms with Crippen LogP contribution in [0.3, 0.4) is 0 Å². The zero-order valence-corrected chi connectivity index (χ0v) is 16.6. The second-order valence-corrected chi connectivity index (χ2v) is 7.40. The van der Waals surface area contributed by atoms with E-state index in [1.807, 2.05) is 46.6 Å². The van der Waals surface area contributed by atoms with Gasteiger partial charge in [0.05, 0.1) is 17.6 Å². The maximum absolute atomic E-state index is 12.3. The van der Waals surface area contributed by atoms with Crippen molar-refractivity contribution in [3.8, 4) is 10.6 Å². The highest BCUT2D eigenvalue weighted by molar-refractivity contribution is 7.71. The molecule has 3 heterocycles. The number of aromatic nitrogens is 5. The summed E-state index contributed by atoms with van der Waals surface area (Å²) in [5.74, 6) is 0. The van der Waals surface area contributed by atoms with Crippen LogP contribution < -0.4 is 5.56 Å². The van der Waals surface area contributed by atoms with Gasteiger partial charge in [0.15, 0.2) is 0 Å². The van der Waals surface area contributed by atoms with Crippen LogP contribution in [0.5, 0.6) is 0 Å². The molecular formula is C19H16N6OS2. The van der Waals surface area contributed by atoms with Crippen molar-refractivity contribution in [2.75, 3.05) is 0 Å². The Kier molecular flexibility index (Phi) is 5.09. The minimum atomic E-state index is -0.352. The van der Waals surface area contributed by atoms with Crippen molar-refractivity contribution < 1.29 is 0 Å². The third-order valence-corrected chi connectivity index (χ3v) is 5.20. The zero-order chi connectivity index (χ0) is 19.5. The molecule has 0 spiro atoms. The summed E-state index contributed by atoms with van der Waals surface area (Å²) in [6.45, 7) is 2.25. The predicted octanol–water partition coefficient (Wildman–Crippen LogP) is 3.46. The second-order valence-electron chi connectivity index (χ2n) is 6.07. The summed E-state index contributed by atoms with van der Waals surface area (Å²) < 4.78 is 3.14. The summed E-state index contributed by atoms with van der Waals surface area (Å²) in [5, 5.41) is 17.5.